The fourth-order valence-electron chi connectivity index (χ4n) is 3.47. The van der Waals surface area contributed by atoms with Gasteiger partial charge in [-0.25, -0.2) is 4.39 Å². The van der Waals surface area contributed by atoms with Crippen molar-refractivity contribution in [3.8, 4) is 11.8 Å². The van der Waals surface area contributed by atoms with Crippen LogP contribution >= 0.6 is 0 Å². The summed E-state index contributed by atoms with van der Waals surface area (Å²) >= 11 is 0. The standard InChI is InChI=1S/C27H19F7N4O2/c1-2-22(39)37-14-17-10-16(12-35-13-17)4-3-9-36-25(40)23(18-5-7-20(28)8-6-18)24-21(27(32,33)34)11-19(15-38-24)26(29,30)31/h2,5-8,10-13,15,23H,1,9,14H2,(H,36,40)(H,37,39). The molecule has 40 heavy (non-hydrogen) atoms. The molecule has 0 saturated heterocycles. The molecule has 0 bridgehead atoms. The number of halogens is 7. The maximum Gasteiger partial charge on any atom is 0.418 e. The predicted molar refractivity (Wildman–Crippen MR) is 129 cm³/mol. The van der Waals surface area contributed by atoms with Crippen LogP contribution in [0.15, 0.2) is 67.6 Å². The highest BCUT2D eigenvalue weighted by atomic mass is 19.4. The van der Waals surface area contributed by atoms with Crippen LogP contribution in [-0.4, -0.2) is 28.3 Å². The number of amides is 2. The minimum absolute atomic E-state index is 0.122. The van der Waals surface area contributed by atoms with E-state index < -0.39 is 52.7 Å². The number of benzene rings is 1. The number of carbonyl (C=O) groups is 2. The van der Waals surface area contributed by atoms with Crippen molar-refractivity contribution in [2.24, 2.45) is 0 Å². The summed E-state index contributed by atoms with van der Waals surface area (Å²) in [4.78, 5) is 31.7. The Kier molecular flexibility index (Phi) is 9.26. The lowest BCUT2D eigenvalue weighted by Gasteiger charge is -2.21. The number of alkyl halides is 6. The quantitative estimate of drug-likeness (QED) is 0.247. The molecule has 0 aliphatic heterocycles. The molecule has 13 heteroatoms. The number of hydrogen-bond acceptors (Lipinski definition) is 4. The summed E-state index contributed by atoms with van der Waals surface area (Å²) in [6.07, 6.45) is -6.22. The molecule has 0 aliphatic rings. The van der Waals surface area contributed by atoms with Crippen LogP contribution < -0.4 is 10.6 Å². The van der Waals surface area contributed by atoms with Gasteiger partial charge in [-0.15, -0.1) is 0 Å². The minimum Gasteiger partial charge on any atom is -0.348 e. The minimum atomic E-state index is -5.29. The molecule has 2 aromatic heterocycles. The van der Waals surface area contributed by atoms with Crippen molar-refractivity contribution in [1.82, 2.24) is 20.6 Å². The number of nitrogens with one attached hydrogen (secondary N) is 2. The fraction of sp³-hybridized carbons (Fsp3) is 0.185. The molecule has 208 valence electrons. The average Bonchev–Trinajstić information content (AvgIpc) is 2.90. The summed E-state index contributed by atoms with van der Waals surface area (Å²) in [6, 6.07) is 5.34. The summed E-state index contributed by atoms with van der Waals surface area (Å²) in [5.74, 6) is 1.26. The summed E-state index contributed by atoms with van der Waals surface area (Å²) in [5, 5.41) is 4.88. The maximum atomic E-state index is 13.8. The largest absolute Gasteiger partial charge is 0.418 e. The van der Waals surface area contributed by atoms with Gasteiger partial charge >= 0.3 is 12.4 Å². The fourth-order valence-corrected chi connectivity index (χ4v) is 3.47. The number of rotatable bonds is 7. The Bertz CT molecular complexity index is 1460. The van der Waals surface area contributed by atoms with Gasteiger partial charge in [-0.05, 0) is 41.5 Å². The molecule has 3 rings (SSSR count). The molecule has 2 heterocycles. The number of aromatic nitrogens is 2. The third kappa shape index (κ3) is 7.89. The van der Waals surface area contributed by atoms with E-state index in [1.54, 1.807) is 6.07 Å². The van der Waals surface area contributed by atoms with Gasteiger partial charge in [-0.1, -0.05) is 30.6 Å². The Hall–Kier alpha value is -4.73. The lowest BCUT2D eigenvalue weighted by atomic mass is 9.90. The van der Waals surface area contributed by atoms with E-state index in [2.05, 4.69) is 39.0 Å². The second-order valence-electron chi connectivity index (χ2n) is 8.16. The lowest BCUT2D eigenvalue weighted by molar-refractivity contribution is -0.144. The predicted octanol–water partition coefficient (Wildman–Crippen LogP) is 4.76. The van der Waals surface area contributed by atoms with Crippen molar-refractivity contribution < 1.29 is 40.3 Å². The SMILES string of the molecule is C=CC(=O)NCc1cncc(C#CCNC(=O)C(c2ccc(F)cc2)c2ncc(C(F)(F)F)cc2C(F)(F)F)c1. The molecule has 0 spiro atoms. The normalized spacial score (nSPS) is 12.1. The van der Waals surface area contributed by atoms with Crippen LogP contribution in [0.1, 0.15) is 39.4 Å². The van der Waals surface area contributed by atoms with E-state index in [-0.39, 0.29) is 30.9 Å². The zero-order chi connectivity index (χ0) is 29.5. The van der Waals surface area contributed by atoms with Crippen LogP contribution in [0.5, 0.6) is 0 Å². The second-order valence-corrected chi connectivity index (χ2v) is 8.16. The topological polar surface area (TPSA) is 84.0 Å². The third-order valence-electron chi connectivity index (χ3n) is 5.32. The highest BCUT2D eigenvalue weighted by Gasteiger charge is 2.42. The molecule has 2 amide bonds. The number of carbonyl (C=O) groups excluding carboxylic acids is 2. The van der Waals surface area contributed by atoms with Crippen molar-refractivity contribution in [3.63, 3.8) is 0 Å². The molecule has 1 atom stereocenters. The summed E-state index contributed by atoms with van der Waals surface area (Å²) in [7, 11) is 0. The average molecular weight is 564 g/mol. The molecular formula is C27H19F7N4O2. The van der Waals surface area contributed by atoms with Crippen LogP contribution in [0, 0.1) is 17.7 Å². The van der Waals surface area contributed by atoms with Gasteiger partial charge in [0.2, 0.25) is 11.8 Å². The maximum absolute atomic E-state index is 13.8. The first kappa shape index (κ1) is 29.8. The van der Waals surface area contributed by atoms with Crippen LogP contribution in [0.25, 0.3) is 0 Å². The Morgan fingerprint density at radius 2 is 1.68 bits per heavy atom. The van der Waals surface area contributed by atoms with Gasteiger partial charge in [0.15, 0.2) is 0 Å². The van der Waals surface area contributed by atoms with Gasteiger partial charge in [0.05, 0.1) is 23.4 Å². The van der Waals surface area contributed by atoms with E-state index in [9.17, 15) is 40.3 Å². The second kappa shape index (κ2) is 12.4. The monoisotopic (exact) mass is 564 g/mol. The van der Waals surface area contributed by atoms with E-state index >= 15 is 0 Å². The van der Waals surface area contributed by atoms with E-state index in [0.717, 1.165) is 30.3 Å². The molecule has 0 aliphatic carbocycles. The summed E-state index contributed by atoms with van der Waals surface area (Å²) in [6.45, 7) is 3.11. The van der Waals surface area contributed by atoms with Gasteiger partial charge < -0.3 is 10.6 Å². The smallest absolute Gasteiger partial charge is 0.348 e. The van der Waals surface area contributed by atoms with E-state index in [4.69, 9.17) is 0 Å². The molecule has 1 unspecified atom stereocenters. The van der Waals surface area contributed by atoms with E-state index in [1.165, 1.54) is 12.4 Å². The van der Waals surface area contributed by atoms with Gasteiger partial charge in [0, 0.05) is 30.7 Å². The van der Waals surface area contributed by atoms with Gasteiger partial charge in [-0.3, -0.25) is 19.6 Å². The van der Waals surface area contributed by atoms with Crippen LogP contribution in [-0.2, 0) is 28.5 Å². The Morgan fingerprint density at radius 3 is 2.30 bits per heavy atom. The molecule has 0 fully saturated rings. The first-order chi connectivity index (χ1) is 18.8. The first-order valence-electron chi connectivity index (χ1n) is 11.3. The van der Waals surface area contributed by atoms with Crippen molar-refractivity contribution in [2.75, 3.05) is 6.54 Å². The van der Waals surface area contributed by atoms with Crippen molar-refractivity contribution in [1.29, 1.82) is 0 Å². The number of nitrogens with zero attached hydrogens (tertiary/aromatic N) is 2. The molecule has 3 aromatic rings. The molecule has 6 nitrogen and oxygen atoms in total. The van der Waals surface area contributed by atoms with Gasteiger partial charge in [0.25, 0.3) is 0 Å². The third-order valence-corrected chi connectivity index (χ3v) is 5.32. The molecule has 2 N–H and O–H groups in total. The lowest BCUT2D eigenvalue weighted by Crippen LogP contribution is -2.32. The highest BCUT2D eigenvalue weighted by Crippen LogP contribution is 2.40. The van der Waals surface area contributed by atoms with E-state index in [1.807, 2.05) is 0 Å². The number of hydrogen-bond donors (Lipinski definition) is 2. The van der Waals surface area contributed by atoms with Crippen LogP contribution in [0.2, 0.25) is 0 Å². The van der Waals surface area contributed by atoms with Gasteiger partial charge in [0.1, 0.15) is 11.7 Å². The van der Waals surface area contributed by atoms with Crippen LogP contribution in [0.3, 0.4) is 0 Å². The van der Waals surface area contributed by atoms with Gasteiger partial charge in [-0.2, -0.15) is 26.3 Å². The van der Waals surface area contributed by atoms with Crippen molar-refractivity contribution in [2.45, 2.75) is 24.8 Å². The molecule has 0 saturated carbocycles. The molecular weight excluding hydrogens is 545 g/mol. The summed E-state index contributed by atoms with van der Waals surface area (Å²) in [5.41, 5.74) is -3.52. The van der Waals surface area contributed by atoms with Crippen LogP contribution in [0.4, 0.5) is 30.7 Å². The Balaban J connectivity index is 1.89. The molecule has 0 radical (unpaired) electrons. The van der Waals surface area contributed by atoms with E-state index in [0.29, 0.717) is 11.1 Å². The van der Waals surface area contributed by atoms with Crippen molar-refractivity contribution >= 4 is 11.8 Å². The zero-order valence-electron chi connectivity index (χ0n) is 20.3. The summed E-state index contributed by atoms with van der Waals surface area (Å²) < 4.78 is 94.2. The van der Waals surface area contributed by atoms with Crippen molar-refractivity contribution in [3.05, 3.63) is 107 Å². The molecule has 1 aromatic carbocycles. The Labute approximate surface area is 223 Å². The Morgan fingerprint density at radius 1 is 0.975 bits per heavy atom. The highest BCUT2D eigenvalue weighted by molar-refractivity contribution is 5.87. The number of pyridine rings is 2. The zero-order valence-corrected chi connectivity index (χ0v) is 20.3. The first-order valence-corrected chi connectivity index (χ1v) is 11.3.